The van der Waals surface area contributed by atoms with E-state index in [1.807, 2.05) is 4.90 Å². The minimum atomic E-state index is -4.64. The fourth-order valence-electron chi connectivity index (χ4n) is 3.80. The number of likely N-dealkylation sites (tertiary alicyclic amines) is 1. The van der Waals surface area contributed by atoms with Gasteiger partial charge in [-0.25, -0.2) is 0 Å². The Morgan fingerprint density at radius 1 is 1.15 bits per heavy atom. The second-order valence-electron chi connectivity index (χ2n) is 6.97. The molecule has 0 radical (unpaired) electrons. The average Bonchev–Trinajstić information content (AvgIpc) is 3.24. The predicted molar refractivity (Wildman–Crippen MR) is 86.8 cm³/mol. The van der Waals surface area contributed by atoms with Crippen LogP contribution < -0.4 is 4.90 Å². The Morgan fingerprint density at radius 3 is 2.52 bits per heavy atom. The molecule has 0 spiro atoms. The second kappa shape index (κ2) is 6.61. The summed E-state index contributed by atoms with van der Waals surface area (Å²) in [5, 5.41) is 10.7. The van der Waals surface area contributed by atoms with E-state index in [0.29, 0.717) is 42.8 Å². The highest BCUT2D eigenvalue weighted by Crippen LogP contribution is 2.29. The van der Waals surface area contributed by atoms with Crippen molar-refractivity contribution in [1.29, 1.82) is 0 Å². The fourth-order valence-corrected chi connectivity index (χ4v) is 3.80. The van der Waals surface area contributed by atoms with Crippen LogP contribution in [0.25, 0.3) is 5.65 Å². The zero-order chi connectivity index (χ0) is 19.2. The van der Waals surface area contributed by atoms with Crippen molar-refractivity contribution in [3.8, 4) is 0 Å². The molecule has 2 aliphatic rings. The third kappa shape index (κ3) is 3.30. The van der Waals surface area contributed by atoms with Gasteiger partial charge in [0.2, 0.25) is 5.91 Å². The van der Waals surface area contributed by atoms with Crippen LogP contribution in [0.2, 0.25) is 0 Å². The molecule has 2 aromatic heterocycles. The first kappa shape index (κ1) is 17.9. The fraction of sp³-hybridized carbons (Fsp3) is 0.625. The number of piperidine rings is 1. The number of hydrogen-bond donors (Lipinski definition) is 0. The summed E-state index contributed by atoms with van der Waals surface area (Å²) in [6.07, 6.45) is -3.05. The molecule has 1 amide bonds. The van der Waals surface area contributed by atoms with Gasteiger partial charge >= 0.3 is 6.18 Å². The molecule has 11 heteroatoms. The normalized spacial score (nSPS) is 22.2. The molecular formula is C16H18F4N6O. The summed E-state index contributed by atoms with van der Waals surface area (Å²) in [5.41, 5.74) is 0.0286. The van der Waals surface area contributed by atoms with E-state index in [1.165, 1.54) is 6.07 Å². The maximum Gasteiger partial charge on any atom is 0.453 e. The molecule has 0 saturated carbocycles. The molecule has 1 atom stereocenters. The predicted octanol–water partition coefficient (Wildman–Crippen LogP) is 1.93. The van der Waals surface area contributed by atoms with Crippen molar-refractivity contribution in [2.45, 2.75) is 31.5 Å². The zero-order valence-electron chi connectivity index (χ0n) is 14.4. The molecule has 2 aromatic rings. The van der Waals surface area contributed by atoms with E-state index in [-0.39, 0.29) is 29.9 Å². The van der Waals surface area contributed by atoms with Crippen molar-refractivity contribution in [2.75, 3.05) is 31.2 Å². The van der Waals surface area contributed by atoms with E-state index in [4.69, 9.17) is 0 Å². The van der Waals surface area contributed by atoms with Crippen LogP contribution in [0.1, 0.15) is 25.1 Å². The molecule has 1 unspecified atom stereocenters. The third-order valence-electron chi connectivity index (χ3n) is 5.19. The van der Waals surface area contributed by atoms with Gasteiger partial charge in [0.15, 0.2) is 5.65 Å². The monoisotopic (exact) mass is 386 g/mol. The van der Waals surface area contributed by atoms with E-state index < -0.39 is 18.7 Å². The lowest BCUT2D eigenvalue weighted by Gasteiger charge is -2.37. The Kier molecular flexibility index (Phi) is 4.39. The van der Waals surface area contributed by atoms with Gasteiger partial charge in [0.25, 0.3) is 5.82 Å². The van der Waals surface area contributed by atoms with Crippen LogP contribution >= 0.6 is 0 Å². The van der Waals surface area contributed by atoms with Gasteiger partial charge in [-0.2, -0.15) is 17.7 Å². The second-order valence-corrected chi connectivity index (χ2v) is 6.97. The summed E-state index contributed by atoms with van der Waals surface area (Å²) in [7, 11) is 0. The molecule has 4 heterocycles. The van der Waals surface area contributed by atoms with E-state index in [2.05, 4.69) is 15.3 Å². The van der Waals surface area contributed by atoms with Crippen molar-refractivity contribution >= 4 is 17.4 Å². The minimum absolute atomic E-state index is 0.0186. The van der Waals surface area contributed by atoms with Crippen molar-refractivity contribution in [3.05, 3.63) is 18.0 Å². The average molecular weight is 386 g/mol. The van der Waals surface area contributed by atoms with Crippen LogP contribution in [0.4, 0.5) is 23.4 Å². The minimum Gasteiger partial charge on any atom is -0.355 e. The molecule has 2 fully saturated rings. The zero-order valence-corrected chi connectivity index (χ0v) is 14.4. The van der Waals surface area contributed by atoms with Crippen LogP contribution in [0.5, 0.6) is 0 Å². The Morgan fingerprint density at radius 2 is 1.89 bits per heavy atom. The Labute approximate surface area is 151 Å². The standard InChI is InChI=1S/C16H18F4N6O/c17-8-10-7-14(27)25(9-10)11-3-5-24(6-4-11)13-2-1-12-21-22-15(16(18,19)20)26(12)23-13/h1-2,10-11H,3-9H2. The lowest BCUT2D eigenvalue weighted by Crippen LogP contribution is -2.46. The van der Waals surface area contributed by atoms with Gasteiger partial charge in [0.05, 0.1) is 6.67 Å². The summed E-state index contributed by atoms with van der Waals surface area (Å²) in [6.45, 7) is 1.05. The number of halogens is 4. The number of nitrogens with zero attached hydrogens (tertiary/aromatic N) is 6. The highest BCUT2D eigenvalue weighted by Gasteiger charge is 2.38. The Bertz CT molecular complexity index is 845. The smallest absolute Gasteiger partial charge is 0.355 e. The molecular weight excluding hydrogens is 368 g/mol. The highest BCUT2D eigenvalue weighted by molar-refractivity contribution is 5.79. The largest absolute Gasteiger partial charge is 0.453 e. The van der Waals surface area contributed by atoms with Gasteiger partial charge in [-0.3, -0.25) is 9.18 Å². The number of anilines is 1. The van der Waals surface area contributed by atoms with Gasteiger partial charge in [0, 0.05) is 38.0 Å². The van der Waals surface area contributed by atoms with Crippen LogP contribution in [-0.4, -0.2) is 63.0 Å². The van der Waals surface area contributed by atoms with Gasteiger partial charge in [0.1, 0.15) is 5.82 Å². The van der Waals surface area contributed by atoms with Crippen LogP contribution in [-0.2, 0) is 11.0 Å². The lowest BCUT2D eigenvalue weighted by atomic mass is 10.0. The number of alkyl halides is 4. The summed E-state index contributed by atoms with van der Waals surface area (Å²) in [6, 6.07) is 3.10. The summed E-state index contributed by atoms with van der Waals surface area (Å²) < 4.78 is 52.5. The van der Waals surface area contributed by atoms with E-state index >= 15 is 0 Å². The molecule has 7 nitrogen and oxygen atoms in total. The SMILES string of the molecule is O=C1CC(CF)CN1C1CCN(c2ccc3nnc(C(F)(F)F)n3n2)CC1. The number of carbonyl (C=O) groups excluding carboxylic acids is 1. The molecule has 0 bridgehead atoms. The number of carbonyl (C=O) groups is 1. The number of amides is 1. The number of fused-ring (bicyclic) bond motifs is 1. The number of rotatable bonds is 3. The molecule has 4 rings (SSSR count). The Balaban J connectivity index is 1.47. The molecule has 2 saturated heterocycles. The topological polar surface area (TPSA) is 66.6 Å². The van der Waals surface area contributed by atoms with Gasteiger partial charge in [-0.1, -0.05) is 0 Å². The van der Waals surface area contributed by atoms with E-state index in [0.717, 1.165) is 0 Å². The van der Waals surface area contributed by atoms with Crippen molar-refractivity contribution in [2.24, 2.45) is 5.92 Å². The van der Waals surface area contributed by atoms with Crippen LogP contribution in [0, 0.1) is 5.92 Å². The molecule has 27 heavy (non-hydrogen) atoms. The quantitative estimate of drug-likeness (QED) is 0.755. The first-order valence-corrected chi connectivity index (χ1v) is 8.77. The van der Waals surface area contributed by atoms with Gasteiger partial charge < -0.3 is 9.80 Å². The van der Waals surface area contributed by atoms with E-state index in [1.54, 1.807) is 11.0 Å². The van der Waals surface area contributed by atoms with Crippen molar-refractivity contribution < 1.29 is 22.4 Å². The summed E-state index contributed by atoms with van der Waals surface area (Å²) >= 11 is 0. The molecule has 0 N–H and O–H groups in total. The van der Waals surface area contributed by atoms with Gasteiger partial charge in [-0.05, 0) is 25.0 Å². The maximum atomic E-state index is 13.0. The Hall–Kier alpha value is -2.46. The molecule has 146 valence electrons. The van der Waals surface area contributed by atoms with Crippen molar-refractivity contribution in [3.63, 3.8) is 0 Å². The molecule has 2 aliphatic heterocycles. The maximum absolute atomic E-state index is 13.0. The molecule has 0 aromatic carbocycles. The first-order chi connectivity index (χ1) is 12.9. The highest BCUT2D eigenvalue weighted by atomic mass is 19.4. The van der Waals surface area contributed by atoms with Crippen LogP contribution in [0.15, 0.2) is 12.1 Å². The summed E-state index contributed by atoms with van der Waals surface area (Å²) in [4.78, 5) is 15.7. The molecule has 0 aliphatic carbocycles. The lowest BCUT2D eigenvalue weighted by molar-refractivity contribution is -0.146. The number of hydrogen-bond acceptors (Lipinski definition) is 5. The van der Waals surface area contributed by atoms with Crippen molar-refractivity contribution in [1.82, 2.24) is 24.7 Å². The first-order valence-electron chi connectivity index (χ1n) is 8.77. The van der Waals surface area contributed by atoms with E-state index in [9.17, 15) is 22.4 Å². The summed E-state index contributed by atoms with van der Waals surface area (Å²) in [5.74, 6) is -1.00. The van der Waals surface area contributed by atoms with Gasteiger partial charge in [-0.15, -0.1) is 15.3 Å². The third-order valence-corrected chi connectivity index (χ3v) is 5.19. The number of aromatic nitrogens is 4. The van der Waals surface area contributed by atoms with Crippen LogP contribution in [0.3, 0.4) is 0 Å².